The van der Waals surface area contributed by atoms with E-state index in [2.05, 4.69) is 36.0 Å². The largest absolute Gasteiger partial charge is 0.466 e. The normalized spacial score (nSPS) is 25.2. The molecule has 2 heterocycles. The van der Waals surface area contributed by atoms with E-state index < -0.39 is 0 Å². The molecular weight excluding hydrogens is 228 g/mol. The number of furan rings is 1. The maximum Gasteiger partial charge on any atom is 0.110 e. The summed E-state index contributed by atoms with van der Waals surface area (Å²) < 4.78 is 11.0. The average molecular weight is 252 g/mol. The highest BCUT2D eigenvalue weighted by molar-refractivity contribution is 5.16. The van der Waals surface area contributed by atoms with Gasteiger partial charge in [0.1, 0.15) is 11.5 Å². The predicted molar refractivity (Wildman–Crippen MR) is 72.0 cm³/mol. The van der Waals surface area contributed by atoms with Crippen LogP contribution in [0, 0.1) is 6.92 Å². The van der Waals surface area contributed by atoms with Gasteiger partial charge in [0, 0.05) is 38.7 Å². The molecule has 1 aromatic rings. The summed E-state index contributed by atoms with van der Waals surface area (Å²) in [4.78, 5) is 4.76. The molecule has 1 aliphatic heterocycles. The molecule has 0 aromatic carbocycles. The van der Waals surface area contributed by atoms with Crippen LogP contribution in [0.25, 0.3) is 0 Å². The smallest absolute Gasteiger partial charge is 0.110 e. The summed E-state index contributed by atoms with van der Waals surface area (Å²) in [5.74, 6) is 2.58. The molecule has 0 amide bonds. The number of methoxy groups -OCH3 is 1. The molecule has 18 heavy (non-hydrogen) atoms. The summed E-state index contributed by atoms with van der Waals surface area (Å²) in [6, 6.07) is 4.70. The molecule has 4 nitrogen and oxygen atoms in total. The van der Waals surface area contributed by atoms with Crippen LogP contribution < -0.4 is 0 Å². The quantitative estimate of drug-likeness (QED) is 0.795. The van der Waals surface area contributed by atoms with E-state index in [1.165, 1.54) is 0 Å². The van der Waals surface area contributed by atoms with E-state index in [1.807, 2.05) is 6.92 Å². The van der Waals surface area contributed by atoms with Crippen molar-refractivity contribution in [3.8, 4) is 0 Å². The predicted octanol–water partition coefficient (Wildman–Crippen LogP) is 1.56. The minimum atomic E-state index is 0.463. The third-order valence-corrected chi connectivity index (χ3v) is 3.77. The molecule has 0 unspecified atom stereocenters. The van der Waals surface area contributed by atoms with Gasteiger partial charge in [-0.3, -0.25) is 4.90 Å². The average Bonchev–Trinajstić information content (AvgIpc) is 2.92. The lowest BCUT2D eigenvalue weighted by Crippen LogP contribution is -2.34. The van der Waals surface area contributed by atoms with Gasteiger partial charge in [-0.1, -0.05) is 0 Å². The van der Waals surface area contributed by atoms with E-state index in [-0.39, 0.29) is 0 Å². The van der Waals surface area contributed by atoms with Crippen LogP contribution in [0.1, 0.15) is 17.4 Å². The number of nitrogens with zero attached hydrogens (tertiary/aromatic N) is 2. The number of rotatable bonds is 5. The fraction of sp³-hybridized carbons (Fsp3) is 0.714. The van der Waals surface area contributed by atoms with Crippen LogP contribution in [0.5, 0.6) is 0 Å². The topological polar surface area (TPSA) is 28.9 Å². The van der Waals surface area contributed by atoms with E-state index in [0.29, 0.717) is 12.0 Å². The van der Waals surface area contributed by atoms with Crippen molar-refractivity contribution in [3.05, 3.63) is 23.7 Å². The SMILES string of the molecule is COCCN1C[C@@H](N(C)C)[C@H](c2ccc(C)o2)C1. The monoisotopic (exact) mass is 252 g/mol. The molecular formula is C14H24N2O2. The lowest BCUT2D eigenvalue weighted by molar-refractivity contribution is 0.156. The second-order valence-corrected chi connectivity index (χ2v) is 5.34. The number of likely N-dealkylation sites (tertiary alicyclic amines) is 1. The van der Waals surface area contributed by atoms with Crippen molar-refractivity contribution in [2.75, 3.05) is 47.4 Å². The molecule has 0 radical (unpaired) electrons. The molecule has 4 heteroatoms. The molecule has 0 saturated carbocycles. The molecule has 1 aromatic heterocycles. The van der Waals surface area contributed by atoms with Crippen LogP contribution in [0.3, 0.4) is 0 Å². The Balaban J connectivity index is 2.07. The molecule has 2 rings (SSSR count). The number of hydrogen-bond acceptors (Lipinski definition) is 4. The van der Waals surface area contributed by atoms with Gasteiger partial charge in [0.25, 0.3) is 0 Å². The highest BCUT2D eigenvalue weighted by Crippen LogP contribution is 2.31. The third-order valence-electron chi connectivity index (χ3n) is 3.77. The van der Waals surface area contributed by atoms with Gasteiger partial charge in [-0.25, -0.2) is 0 Å². The Bertz CT molecular complexity index is 376. The fourth-order valence-corrected chi connectivity index (χ4v) is 2.72. The van der Waals surface area contributed by atoms with Gasteiger partial charge in [-0.2, -0.15) is 0 Å². The van der Waals surface area contributed by atoms with Gasteiger partial charge in [-0.15, -0.1) is 0 Å². The molecule has 1 saturated heterocycles. The molecule has 1 fully saturated rings. The van der Waals surface area contributed by atoms with Crippen molar-refractivity contribution in [1.82, 2.24) is 9.80 Å². The first-order chi connectivity index (χ1) is 8.61. The number of ether oxygens (including phenoxy) is 1. The fourth-order valence-electron chi connectivity index (χ4n) is 2.72. The van der Waals surface area contributed by atoms with E-state index in [1.54, 1.807) is 7.11 Å². The summed E-state index contributed by atoms with van der Waals surface area (Å²) in [5, 5.41) is 0. The van der Waals surface area contributed by atoms with Crippen LogP contribution in [0.15, 0.2) is 16.5 Å². The molecule has 1 aliphatic rings. The number of hydrogen-bond donors (Lipinski definition) is 0. The first-order valence-electron chi connectivity index (χ1n) is 6.56. The zero-order chi connectivity index (χ0) is 13.1. The number of aryl methyl sites for hydroxylation is 1. The van der Waals surface area contributed by atoms with Crippen molar-refractivity contribution >= 4 is 0 Å². The molecule has 0 aliphatic carbocycles. The first-order valence-corrected chi connectivity index (χ1v) is 6.56. The molecule has 2 atom stereocenters. The third kappa shape index (κ3) is 2.94. The van der Waals surface area contributed by atoms with Crippen molar-refractivity contribution < 1.29 is 9.15 Å². The highest BCUT2D eigenvalue weighted by Gasteiger charge is 2.36. The van der Waals surface area contributed by atoms with E-state index >= 15 is 0 Å². The summed E-state index contributed by atoms with van der Waals surface area (Å²) >= 11 is 0. The van der Waals surface area contributed by atoms with Gasteiger partial charge in [0.05, 0.1) is 6.61 Å². The Hall–Kier alpha value is -0.840. The minimum Gasteiger partial charge on any atom is -0.466 e. The Morgan fingerprint density at radius 2 is 2.17 bits per heavy atom. The maximum absolute atomic E-state index is 5.82. The summed E-state index contributed by atoms with van der Waals surface area (Å²) in [6.07, 6.45) is 0. The van der Waals surface area contributed by atoms with E-state index in [0.717, 1.165) is 37.8 Å². The van der Waals surface area contributed by atoms with Gasteiger partial charge in [0.2, 0.25) is 0 Å². The van der Waals surface area contributed by atoms with Crippen LogP contribution in [0.4, 0.5) is 0 Å². The molecule has 0 N–H and O–H groups in total. The van der Waals surface area contributed by atoms with Crippen LogP contribution >= 0.6 is 0 Å². The maximum atomic E-state index is 5.82. The summed E-state index contributed by atoms with van der Waals surface area (Å²) in [7, 11) is 6.05. The highest BCUT2D eigenvalue weighted by atomic mass is 16.5. The lowest BCUT2D eigenvalue weighted by atomic mass is 10.0. The minimum absolute atomic E-state index is 0.463. The van der Waals surface area contributed by atoms with Gasteiger partial charge >= 0.3 is 0 Å². The zero-order valence-electron chi connectivity index (χ0n) is 11.8. The molecule has 102 valence electrons. The van der Waals surface area contributed by atoms with Gasteiger partial charge < -0.3 is 14.1 Å². The Morgan fingerprint density at radius 1 is 1.39 bits per heavy atom. The summed E-state index contributed by atoms with van der Waals surface area (Å²) in [6.45, 7) is 5.94. The van der Waals surface area contributed by atoms with Crippen LogP contribution in [0.2, 0.25) is 0 Å². The van der Waals surface area contributed by atoms with Crippen LogP contribution in [-0.2, 0) is 4.74 Å². The van der Waals surface area contributed by atoms with E-state index in [9.17, 15) is 0 Å². The zero-order valence-corrected chi connectivity index (χ0v) is 11.8. The van der Waals surface area contributed by atoms with Gasteiger partial charge in [0.15, 0.2) is 0 Å². The van der Waals surface area contributed by atoms with Crippen molar-refractivity contribution in [2.24, 2.45) is 0 Å². The first kappa shape index (κ1) is 13.6. The van der Waals surface area contributed by atoms with E-state index in [4.69, 9.17) is 9.15 Å². The lowest BCUT2D eigenvalue weighted by Gasteiger charge is -2.23. The molecule has 0 bridgehead atoms. The Morgan fingerprint density at radius 3 is 2.72 bits per heavy atom. The standard InChI is InChI=1S/C14H24N2O2/c1-11-5-6-14(18-11)12-9-16(7-8-17-4)10-13(12)15(2)3/h5-6,12-13H,7-10H2,1-4H3/t12-,13-/m1/s1. The molecule has 0 spiro atoms. The second kappa shape index (κ2) is 5.87. The Labute approximate surface area is 110 Å². The van der Waals surface area contributed by atoms with Crippen molar-refractivity contribution in [2.45, 2.75) is 18.9 Å². The van der Waals surface area contributed by atoms with Crippen LogP contribution in [-0.4, -0.2) is 63.3 Å². The van der Waals surface area contributed by atoms with Crippen molar-refractivity contribution in [3.63, 3.8) is 0 Å². The van der Waals surface area contributed by atoms with Crippen molar-refractivity contribution in [1.29, 1.82) is 0 Å². The summed E-state index contributed by atoms with van der Waals surface area (Å²) in [5.41, 5.74) is 0. The van der Waals surface area contributed by atoms with Gasteiger partial charge in [-0.05, 0) is 33.2 Å². The Kier molecular flexibility index (Phi) is 4.43. The number of likely N-dealkylation sites (N-methyl/N-ethyl adjacent to an activating group) is 1. The second-order valence-electron chi connectivity index (χ2n) is 5.34.